The van der Waals surface area contributed by atoms with Crippen molar-refractivity contribution in [1.29, 1.82) is 0 Å². The molecular formula is C17H30N2O2. The van der Waals surface area contributed by atoms with Gasteiger partial charge in [0, 0.05) is 12.6 Å². The van der Waals surface area contributed by atoms with Crippen LogP contribution in [0.4, 0.5) is 0 Å². The van der Waals surface area contributed by atoms with Crippen LogP contribution < -0.4 is 5.32 Å². The topological polar surface area (TPSA) is 52.6 Å². The summed E-state index contributed by atoms with van der Waals surface area (Å²) in [5.41, 5.74) is 1.50. The van der Waals surface area contributed by atoms with E-state index in [0.29, 0.717) is 6.54 Å². The van der Waals surface area contributed by atoms with Gasteiger partial charge in [0.2, 0.25) is 5.91 Å². The van der Waals surface area contributed by atoms with E-state index in [4.69, 9.17) is 0 Å². The molecule has 0 saturated carbocycles. The number of amides is 1. The quantitative estimate of drug-likeness (QED) is 0.739. The van der Waals surface area contributed by atoms with Gasteiger partial charge in [-0.2, -0.15) is 0 Å². The summed E-state index contributed by atoms with van der Waals surface area (Å²) >= 11 is 0. The van der Waals surface area contributed by atoms with E-state index in [-0.39, 0.29) is 18.1 Å². The molecule has 0 aromatic carbocycles. The third-order valence-corrected chi connectivity index (χ3v) is 4.72. The molecule has 1 aliphatic carbocycles. The number of nitrogens with one attached hydrogen (secondary N) is 1. The molecule has 1 aliphatic heterocycles. The average molecular weight is 294 g/mol. The lowest BCUT2D eigenvalue weighted by Crippen LogP contribution is -2.49. The van der Waals surface area contributed by atoms with Crippen molar-refractivity contribution in [2.75, 3.05) is 19.6 Å². The molecule has 2 aliphatic rings. The largest absolute Gasteiger partial charge is 0.392 e. The smallest absolute Gasteiger partial charge is 0.234 e. The van der Waals surface area contributed by atoms with Crippen LogP contribution in [-0.4, -0.2) is 47.7 Å². The van der Waals surface area contributed by atoms with E-state index in [9.17, 15) is 9.90 Å². The standard InChI is InChI=1S/C17H30N2O2/c1-14(20)16-9-5-6-12-19(16)13-17(21)18-11-10-15-7-3-2-4-8-15/h7,14,16,20H,2-6,8-13H2,1H3,(H,18,21). The van der Waals surface area contributed by atoms with Gasteiger partial charge in [-0.1, -0.05) is 18.1 Å². The van der Waals surface area contributed by atoms with Gasteiger partial charge in [0.05, 0.1) is 12.6 Å². The summed E-state index contributed by atoms with van der Waals surface area (Å²) in [5, 5.41) is 12.9. The summed E-state index contributed by atoms with van der Waals surface area (Å²) in [6, 6.07) is 0.144. The van der Waals surface area contributed by atoms with E-state index in [0.717, 1.165) is 38.8 Å². The molecule has 4 nitrogen and oxygen atoms in total. The lowest BCUT2D eigenvalue weighted by Gasteiger charge is -2.36. The second-order valence-corrected chi connectivity index (χ2v) is 6.48. The van der Waals surface area contributed by atoms with Crippen LogP contribution in [-0.2, 0) is 4.79 Å². The monoisotopic (exact) mass is 294 g/mol. The minimum atomic E-state index is -0.356. The zero-order valence-corrected chi connectivity index (χ0v) is 13.3. The Kier molecular flexibility index (Phi) is 6.71. The third kappa shape index (κ3) is 5.44. The van der Waals surface area contributed by atoms with Gasteiger partial charge in [0.15, 0.2) is 0 Å². The van der Waals surface area contributed by atoms with Crippen LogP contribution >= 0.6 is 0 Å². The Bertz CT molecular complexity index is 366. The summed E-state index contributed by atoms with van der Waals surface area (Å²) in [5.74, 6) is 0.0963. The number of nitrogens with zero attached hydrogens (tertiary/aromatic N) is 1. The SMILES string of the molecule is CC(O)C1CCCCN1CC(=O)NCCC1=CCCCC1. The first-order chi connectivity index (χ1) is 10.2. The Balaban J connectivity index is 1.69. The minimum Gasteiger partial charge on any atom is -0.392 e. The first-order valence-corrected chi connectivity index (χ1v) is 8.53. The molecule has 2 atom stereocenters. The van der Waals surface area contributed by atoms with Gasteiger partial charge in [-0.15, -0.1) is 0 Å². The highest BCUT2D eigenvalue weighted by Crippen LogP contribution is 2.20. The first-order valence-electron chi connectivity index (χ1n) is 8.53. The lowest BCUT2D eigenvalue weighted by atomic mass is 9.97. The fraction of sp³-hybridized carbons (Fsp3) is 0.824. The number of carbonyl (C=O) groups excluding carboxylic acids is 1. The Hall–Kier alpha value is -0.870. The summed E-state index contributed by atoms with van der Waals surface area (Å²) in [7, 11) is 0. The molecule has 0 aromatic rings. The number of carbonyl (C=O) groups is 1. The second kappa shape index (κ2) is 8.54. The van der Waals surface area contributed by atoms with E-state index in [1.165, 1.54) is 31.3 Å². The van der Waals surface area contributed by atoms with Crippen LogP contribution in [0.5, 0.6) is 0 Å². The summed E-state index contributed by atoms with van der Waals surface area (Å²) in [6.45, 7) is 3.93. The van der Waals surface area contributed by atoms with Crippen molar-refractivity contribution in [2.24, 2.45) is 0 Å². The summed E-state index contributed by atoms with van der Waals surface area (Å²) in [4.78, 5) is 14.2. The van der Waals surface area contributed by atoms with E-state index in [2.05, 4.69) is 16.3 Å². The van der Waals surface area contributed by atoms with Gasteiger partial charge in [0.1, 0.15) is 0 Å². The molecule has 4 heteroatoms. The van der Waals surface area contributed by atoms with Crippen LogP contribution in [0.25, 0.3) is 0 Å². The van der Waals surface area contributed by atoms with Crippen molar-refractivity contribution < 1.29 is 9.90 Å². The maximum absolute atomic E-state index is 12.1. The Morgan fingerprint density at radius 2 is 2.29 bits per heavy atom. The molecular weight excluding hydrogens is 264 g/mol. The molecule has 1 saturated heterocycles. The second-order valence-electron chi connectivity index (χ2n) is 6.48. The minimum absolute atomic E-state index is 0.0963. The number of aliphatic hydroxyl groups is 1. The van der Waals surface area contributed by atoms with Crippen molar-refractivity contribution >= 4 is 5.91 Å². The zero-order chi connectivity index (χ0) is 15.1. The molecule has 0 bridgehead atoms. The zero-order valence-electron chi connectivity index (χ0n) is 13.3. The molecule has 0 spiro atoms. The Labute approximate surface area is 128 Å². The highest BCUT2D eigenvalue weighted by atomic mass is 16.3. The van der Waals surface area contributed by atoms with Crippen molar-refractivity contribution in [3.8, 4) is 0 Å². The fourth-order valence-electron chi connectivity index (χ4n) is 3.49. The average Bonchev–Trinajstić information content (AvgIpc) is 2.48. The molecule has 1 heterocycles. The highest BCUT2D eigenvalue weighted by molar-refractivity contribution is 5.78. The summed E-state index contributed by atoms with van der Waals surface area (Å²) < 4.78 is 0. The van der Waals surface area contributed by atoms with Crippen LogP contribution in [0.1, 0.15) is 58.3 Å². The van der Waals surface area contributed by atoms with Gasteiger partial charge in [-0.3, -0.25) is 9.69 Å². The molecule has 120 valence electrons. The first kappa shape index (κ1) is 16.5. The van der Waals surface area contributed by atoms with Crippen molar-refractivity contribution in [1.82, 2.24) is 10.2 Å². The van der Waals surface area contributed by atoms with Gasteiger partial charge >= 0.3 is 0 Å². The maximum atomic E-state index is 12.1. The van der Waals surface area contributed by atoms with Gasteiger partial charge < -0.3 is 10.4 Å². The van der Waals surface area contributed by atoms with E-state index in [1.54, 1.807) is 0 Å². The molecule has 0 aromatic heterocycles. The highest BCUT2D eigenvalue weighted by Gasteiger charge is 2.27. The summed E-state index contributed by atoms with van der Waals surface area (Å²) in [6.07, 6.45) is 11.3. The van der Waals surface area contributed by atoms with Gasteiger partial charge in [0.25, 0.3) is 0 Å². The molecule has 2 rings (SSSR count). The van der Waals surface area contributed by atoms with Crippen molar-refractivity contribution in [2.45, 2.75) is 70.4 Å². The number of likely N-dealkylation sites (tertiary alicyclic amines) is 1. The molecule has 1 amide bonds. The predicted octanol–water partition coefficient (Wildman–Crippen LogP) is 2.23. The van der Waals surface area contributed by atoms with Crippen LogP contribution in [0.2, 0.25) is 0 Å². The third-order valence-electron chi connectivity index (χ3n) is 4.72. The molecule has 2 N–H and O–H groups in total. The van der Waals surface area contributed by atoms with E-state index in [1.807, 2.05) is 6.92 Å². The van der Waals surface area contributed by atoms with Crippen LogP contribution in [0.15, 0.2) is 11.6 Å². The van der Waals surface area contributed by atoms with E-state index < -0.39 is 0 Å². The number of allylic oxidation sites excluding steroid dienone is 1. The van der Waals surface area contributed by atoms with Crippen LogP contribution in [0.3, 0.4) is 0 Å². The lowest BCUT2D eigenvalue weighted by molar-refractivity contribution is -0.123. The maximum Gasteiger partial charge on any atom is 0.234 e. The molecule has 21 heavy (non-hydrogen) atoms. The Morgan fingerprint density at radius 3 is 3.00 bits per heavy atom. The van der Waals surface area contributed by atoms with Gasteiger partial charge in [-0.25, -0.2) is 0 Å². The van der Waals surface area contributed by atoms with Crippen molar-refractivity contribution in [3.05, 3.63) is 11.6 Å². The Morgan fingerprint density at radius 1 is 1.43 bits per heavy atom. The number of rotatable bonds is 6. The number of aliphatic hydroxyl groups excluding tert-OH is 1. The van der Waals surface area contributed by atoms with Gasteiger partial charge in [-0.05, 0) is 58.4 Å². The van der Waals surface area contributed by atoms with Crippen LogP contribution in [0, 0.1) is 0 Å². The molecule has 1 fully saturated rings. The number of piperidine rings is 1. The van der Waals surface area contributed by atoms with Crippen molar-refractivity contribution in [3.63, 3.8) is 0 Å². The fourth-order valence-corrected chi connectivity index (χ4v) is 3.49. The molecule has 2 unspecified atom stereocenters. The van der Waals surface area contributed by atoms with E-state index >= 15 is 0 Å². The predicted molar refractivity (Wildman–Crippen MR) is 85.1 cm³/mol. The number of hydrogen-bond acceptors (Lipinski definition) is 3. The normalized spacial score (nSPS) is 25.2. The number of hydrogen-bond donors (Lipinski definition) is 2. The molecule has 0 radical (unpaired) electrons.